The zero-order valence-electron chi connectivity index (χ0n) is 16.2. The predicted octanol–water partition coefficient (Wildman–Crippen LogP) is 2.54. The first-order valence-electron chi connectivity index (χ1n) is 9.47. The number of anilines is 2. The van der Waals surface area contributed by atoms with Crippen molar-refractivity contribution in [3.63, 3.8) is 0 Å². The summed E-state index contributed by atoms with van der Waals surface area (Å²) in [5, 5.41) is 0. The Morgan fingerprint density at radius 2 is 1.78 bits per heavy atom. The molecular weight excluding hydrogens is 344 g/mol. The Kier molecular flexibility index (Phi) is 6.98. The van der Waals surface area contributed by atoms with Crippen LogP contribution in [0.5, 0.6) is 0 Å². The van der Waals surface area contributed by atoms with Gasteiger partial charge in [0.15, 0.2) is 5.69 Å². The summed E-state index contributed by atoms with van der Waals surface area (Å²) in [7, 11) is 0. The number of H-pyrrole nitrogens is 1. The predicted molar refractivity (Wildman–Crippen MR) is 108 cm³/mol. The zero-order chi connectivity index (χ0) is 20.0. The Bertz CT molecular complexity index is 897. The van der Waals surface area contributed by atoms with Crippen molar-refractivity contribution in [1.29, 1.82) is 0 Å². The van der Waals surface area contributed by atoms with Crippen LogP contribution in [0, 0.1) is 0 Å². The van der Waals surface area contributed by atoms with E-state index in [-0.39, 0.29) is 17.4 Å². The summed E-state index contributed by atoms with van der Waals surface area (Å²) in [6.07, 6.45) is 3.14. The number of carbonyl (C=O) groups is 1. The molecule has 0 bridgehead atoms. The summed E-state index contributed by atoms with van der Waals surface area (Å²) in [5.41, 5.74) is 6.62. The lowest BCUT2D eigenvalue weighted by molar-refractivity contribution is 0.0986. The molecule has 0 saturated heterocycles. The second kappa shape index (κ2) is 9.21. The average molecular weight is 372 g/mol. The third-order valence-corrected chi connectivity index (χ3v) is 4.52. The van der Waals surface area contributed by atoms with Crippen molar-refractivity contribution in [3.05, 3.63) is 56.2 Å². The highest BCUT2D eigenvalue weighted by molar-refractivity contribution is 6.07. The Labute approximate surface area is 158 Å². The maximum atomic E-state index is 13.1. The Hall–Kier alpha value is -2.83. The van der Waals surface area contributed by atoms with Gasteiger partial charge in [0, 0.05) is 18.7 Å². The molecule has 0 saturated carbocycles. The molecule has 1 heterocycles. The number of unbranched alkanes of at least 4 members (excludes halogenated alkanes) is 1. The van der Waals surface area contributed by atoms with Gasteiger partial charge in [0.25, 0.3) is 11.5 Å². The Morgan fingerprint density at radius 1 is 1.11 bits per heavy atom. The van der Waals surface area contributed by atoms with Crippen LogP contribution in [-0.4, -0.2) is 22.0 Å². The van der Waals surface area contributed by atoms with Crippen LogP contribution in [-0.2, 0) is 13.0 Å². The summed E-state index contributed by atoms with van der Waals surface area (Å²) >= 11 is 0. The molecule has 0 unspecified atom stereocenters. The van der Waals surface area contributed by atoms with Crippen molar-refractivity contribution in [2.24, 2.45) is 0 Å². The molecular formula is C20H28N4O3. The highest BCUT2D eigenvalue weighted by Crippen LogP contribution is 2.20. The number of benzene rings is 1. The molecule has 0 fully saturated rings. The van der Waals surface area contributed by atoms with E-state index in [0.29, 0.717) is 25.1 Å². The first kappa shape index (κ1) is 20.5. The van der Waals surface area contributed by atoms with E-state index in [1.807, 2.05) is 32.9 Å². The van der Waals surface area contributed by atoms with Crippen LogP contribution in [0.15, 0.2) is 33.9 Å². The first-order valence-corrected chi connectivity index (χ1v) is 9.47. The number of hydrogen-bond donors (Lipinski definition) is 2. The van der Waals surface area contributed by atoms with Gasteiger partial charge in [-0.3, -0.25) is 19.1 Å². The number of hydrogen-bond acceptors (Lipinski definition) is 4. The molecule has 0 aliphatic rings. The molecule has 0 aliphatic carbocycles. The van der Waals surface area contributed by atoms with Gasteiger partial charge in [0.1, 0.15) is 5.82 Å². The second-order valence-electron chi connectivity index (χ2n) is 6.51. The van der Waals surface area contributed by atoms with E-state index in [1.54, 1.807) is 12.1 Å². The maximum Gasteiger partial charge on any atom is 0.330 e. The topological polar surface area (TPSA) is 101 Å². The van der Waals surface area contributed by atoms with Crippen molar-refractivity contribution >= 4 is 17.4 Å². The molecule has 2 rings (SSSR count). The van der Waals surface area contributed by atoms with Crippen LogP contribution in [0.25, 0.3) is 0 Å². The SMILES string of the molecule is CCCCn1c(N)c(N(CCC)C(=O)c2ccc(CC)cc2)c(=O)[nH]c1=O. The molecule has 7 heteroatoms. The summed E-state index contributed by atoms with van der Waals surface area (Å²) in [4.78, 5) is 41.4. The lowest BCUT2D eigenvalue weighted by atomic mass is 10.1. The second-order valence-corrected chi connectivity index (χ2v) is 6.51. The van der Waals surface area contributed by atoms with Gasteiger partial charge in [0.05, 0.1) is 0 Å². The van der Waals surface area contributed by atoms with E-state index < -0.39 is 11.2 Å². The summed E-state index contributed by atoms with van der Waals surface area (Å²) in [6, 6.07) is 7.29. The van der Waals surface area contributed by atoms with Crippen LogP contribution in [0.2, 0.25) is 0 Å². The lowest BCUT2D eigenvalue weighted by Gasteiger charge is -2.24. The number of nitrogens with zero attached hydrogens (tertiary/aromatic N) is 2. The van der Waals surface area contributed by atoms with Gasteiger partial charge in [-0.1, -0.05) is 39.3 Å². The Balaban J connectivity index is 2.53. The minimum Gasteiger partial charge on any atom is -0.383 e. The number of nitrogens with one attached hydrogen (secondary N) is 1. The van der Waals surface area contributed by atoms with Crippen molar-refractivity contribution < 1.29 is 4.79 Å². The number of carbonyl (C=O) groups excluding carboxylic acids is 1. The summed E-state index contributed by atoms with van der Waals surface area (Å²) in [6.45, 7) is 6.68. The number of aromatic nitrogens is 2. The van der Waals surface area contributed by atoms with Crippen molar-refractivity contribution in [2.45, 2.75) is 53.0 Å². The van der Waals surface area contributed by atoms with Crippen molar-refractivity contribution in [1.82, 2.24) is 9.55 Å². The fourth-order valence-electron chi connectivity index (χ4n) is 2.95. The molecule has 27 heavy (non-hydrogen) atoms. The fraction of sp³-hybridized carbons (Fsp3) is 0.450. The number of nitrogens with two attached hydrogens (primary N) is 1. The van der Waals surface area contributed by atoms with Crippen LogP contribution in [0.1, 0.15) is 56.0 Å². The monoisotopic (exact) mass is 372 g/mol. The highest BCUT2D eigenvalue weighted by Gasteiger charge is 2.24. The van der Waals surface area contributed by atoms with Gasteiger partial charge in [-0.25, -0.2) is 4.79 Å². The smallest absolute Gasteiger partial charge is 0.330 e. The largest absolute Gasteiger partial charge is 0.383 e. The lowest BCUT2D eigenvalue weighted by Crippen LogP contribution is -2.41. The number of aromatic amines is 1. The zero-order valence-corrected chi connectivity index (χ0v) is 16.2. The van der Waals surface area contributed by atoms with Crippen LogP contribution >= 0.6 is 0 Å². The van der Waals surface area contributed by atoms with Crippen LogP contribution < -0.4 is 21.9 Å². The minimum absolute atomic E-state index is 0.0316. The van der Waals surface area contributed by atoms with E-state index in [2.05, 4.69) is 4.98 Å². The highest BCUT2D eigenvalue weighted by atomic mass is 16.2. The van der Waals surface area contributed by atoms with Gasteiger partial charge in [0.2, 0.25) is 0 Å². The minimum atomic E-state index is -0.641. The Morgan fingerprint density at radius 3 is 2.33 bits per heavy atom. The van der Waals surface area contributed by atoms with Gasteiger partial charge in [-0.05, 0) is 37.0 Å². The van der Waals surface area contributed by atoms with Crippen LogP contribution in [0.3, 0.4) is 0 Å². The molecule has 0 aliphatic heterocycles. The molecule has 3 N–H and O–H groups in total. The number of amides is 1. The molecule has 1 aromatic carbocycles. The van der Waals surface area contributed by atoms with Crippen molar-refractivity contribution in [3.8, 4) is 0 Å². The molecule has 146 valence electrons. The van der Waals surface area contributed by atoms with E-state index in [0.717, 1.165) is 24.8 Å². The van der Waals surface area contributed by atoms with E-state index in [9.17, 15) is 14.4 Å². The third-order valence-electron chi connectivity index (χ3n) is 4.52. The van der Waals surface area contributed by atoms with Gasteiger partial charge < -0.3 is 10.6 Å². The number of nitrogen functional groups attached to an aromatic ring is 1. The molecule has 2 aromatic rings. The molecule has 0 atom stereocenters. The summed E-state index contributed by atoms with van der Waals surface area (Å²) < 4.78 is 1.33. The molecule has 0 spiro atoms. The van der Waals surface area contributed by atoms with Crippen LogP contribution in [0.4, 0.5) is 11.5 Å². The maximum absolute atomic E-state index is 13.1. The summed E-state index contributed by atoms with van der Waals surface area (Å²) in [5.74, 6) is -0.276. The quantitative estimate of drug-likeness (QED) is 0.743. The number of aryl methyl sites for hydroxylation is 1. The third kappa shape index (κ3) is 4.48. The van der Waals surface area contributed by atoms with Gasteiger partial charge in [-0.2, -0.15) is 0 Å². The van der Waals surface area contributed by atoms with Gasteiger partial charge in [-0.15, -0.1) is 0 Å². The first-order chi connectivity index (χ1) is 12.9. The fourth-order valence-corrected chi connectivity index (χ4v) is 2.95. The van der Waals surface area contributed by atoms with Gasteiger partial charge >= 0.3 is 5.69 Å². The average Bonchev–Trinajstić information content (AvgIpc) is 2.66. The normalized spacial score (nSPS) is 10.8. The van der Waals surface area contributed by atoms with E-state index in [1.165, 1.54) is 9.47 Å². The van der Waals surface area contributed by atoms with E-state index >= 15 is 0 Å². The molecule has 1 amide bonds. The molecule has 0 radical (unpaired) electrons. The van der Waals surface area contributed by atoms with E-state index in [4.69, 9.17) is 5.73 Å². The molecule has 7 nitrogen and oxygen atoms in total. The standard InChI is InChI=1S/C20H28N4O3/c1-4-7-13-24-17(21)16(18(25)22-20(24)27)23(12-5-2)19(26)15-10-8-14(6-3)9-11-15/h8-11H,4-7,12-13,21H2,1-3H3,(H,22,25,27). The van der Waals surface area contributed by atoms with Crippen molar-refractivity contribution in [2.75, 3.05) is 17.2 Å². The molecule has 1 aromatic heterocycles. The number of rotatable bonds is 8.